The van der Waals surface area contributed by atoms with Crippen LogP contribution in [0.4, 0.5) is 5.69 Å². The van der Waals surface area contributed by atoms with E-state index in [1.54, 1.807) is 11.8 Å². The van der Waals surface area contributed by atoms with Crippen molar-refractivity contribution in [2.24, 2.45) is 10.9 Å². The first kappa shape index (κ1) is 13.9. The van der Waals surface area contributed by atoms with E-state index in [0.29, 0.717) is 25.2 Å². The van der Waals surface area contributed by atoms with E-state index in [4.69, 9.17) is 9.47 Å². The number of benzene rings is 1. The summed E-state index contributed by atoms with van der Waals surface area (Å²) in [5.74, 6) is 1.76. The van der Waals surface area contributed by atoms with Gasteiger partial charge in [0.2, 0.25) is 0 Å². The van der Waals surface area contributed by atoms with Crippen molar-refractivity contribution in [3.8, 4) is 0 Å². The van der Waals surface area contributed by atoms with E-state index >= 15 is 0 Å². The third kappa shape index (κ3) is 3.16. The fraction of sp³-hybridized carbons (Fsp3) is 0.533. The van der Waals surface area contributed by atoms with Crippen molar-refractivity contribution in [2.45, 2.75) is 26.2 Å². The van der Waals surface area contributed by atoms with Gasteiger partial charge in [-0.2, -0.15) is 0 Å². The van der Waals surface area contributed by atoms with Gasteiger partial charge in [0.25, 0.3) is 0 Å². The summed E-state index contributed by atoms with van der Waals surface area (Å²) in [6.45, 7) is 5.76. The van der Waals surface area contributed by atoms with Crippen molar-refractivity contribution < 1.29 is 9.47 Å². The molecule has 0 spiro atoms. The molecule has 0 bridgehead atoms. The minimum atomic E-state index is -0.202. The molecule has 0 saturated carbocycles. The van der Waals surface area contributed by atoms with Crippen LogP contribution in [-0.2, 0) is 9.47 Å². The smallest absolute Gasteiger partial charge is 0.184 e. The third-order valence-electron chi connectivity index (χ3n) is 3.68. The van der Waals surface area contributed by atoms with Gasteiger partial charge in [0.05, 0.1) is 19.3 Å². The molecule has 1 saturated heterocycles. The summed E-state index contributed by atoms with van der Waals surface area (Å²) in [5.41, 5.74) is 2.12. The number of hydrogen-bond donors (Lipinski definition) is 1. The van der Waals surface area contributed by atoms with Crippen LogP contribution in [0.15, 0.2) is 29.3 Å². The SMILES string of the molecule is CC1CSC(Nc2ccc(C3OCCO3)cc2)=NC1C. The Kier molecular flexibility index (Phi) is 4.29. The largest absolute Gasteiger partial charge is 0.346 e. The molecule has 0 radical (unpaired) electrons. The number of amidine groups is 1. The van der Waals surface area contributed by atoms with Crippen molar-refractivity contribution >= 4 is 22.6 Å². The number of aliphatic imine (C=N–C) groups is 1. The molecule has 1 aromatic carbocycles. The first-order valence-corrected chi connectivity index (χ1v) is 8.02. The number of nitrogens with one attached hydrogen (secondary N) is 1. The average molecular weight is 292 g/mol. The van der Waals surface area contributed by atoms with E-state index in [1.165, 1.54) is 0 Å². The first-order chi connectivity index (χ1) is 9.72. The Morgan fingerprint density at radius 2 is 1.85 bits per heavy atom. The highest BCUT2D eigenvalue weighted by Gasteiger charge is 2.20. The van der Waals surface area contributed by atoms with E-state index in [-0.39, 0.29) is 6.29 Å². The van der Waals surface area contributed by atoms with Crippen LogP contribution in [0.5, 0.6) is 0 Å². The van der Waals surface area contributed by atoms with Crippen LogP contribution in [-0.4, -0.2) is 30.2 Å². The lowest BCUT2D eigenvalue weighted by molar-refractivity contribution is -0.0441. The van der Waals surface area contributed by atoms with Gasteiger partial charge >= 0.3 is 0 Å². The van der Waals surface area contributed by atoms with Crippen LogP contribution in [0.3, 0.4) is 0 Å². The molecule has 1 N–H and O–H groups in total. The van der Waals surface area contributed by atoms with E-state index in [9.17, 15) is 0 Å². The summed E-state index contributed by atoms with van der Waals surface area (Å²) in [4.78, 5) is 4.68. The molecule has 0 aromatic heterocycles. The number of hydrogen-bond acceptors (Lipinski definition) is 5. The molecule has 2 aliphatic heterocycles. The maximum absolute atomic E-state index is 5.48. The van der Waals surface area contributed by atoms with Gasteiger partial charge in [-0.05, 0) is 25.0 Å². The van der Waals surface area contributed by atoms with Crippen LogP contribution >= 0.6 is 11.8 Å². The molecule has 108 valence electrons. The lowest BCUT2D eigenvalue weighted by Crippen LogP contribution is -2.25. The number of nitrogens with zero attached hydrogens (tertiary/aromatic N) is 1. The molecule has 1 fully saturated rings. The third-order valence-corrected chi connectivity index (χ3v) is 4.86. The molecule has 2 aliphatic rings. The van der Waals surface area contributed by atoms with Gasteiger partial charge in [-0.3, -0.25) is 4.99 Å². The predicted octanol–water partition coefficient (Wildman–Crippen LogP) is 3.27. The second kappa shape index (κ2) is 6.16. The minimum Gasteiger partial charge on any atom is -0.346 e. The Morgan fingerprint density at radius 3 is 2.50 bits per heavy atom. The summed E-state index contributed by atoms with van der Waals surface area (Å²) in [6, 6.07) is 8.56. The zero-order chi connectivity index (χ0) is 13.9. The van der Waals surface area contributed by atoms with Gasteiger partial charge < -0.3 is 14.8 Å². The van der Waals surface area contributed by atoms with Gasteiger partial charge in [0, 0.05) is 17.0 Å². The van der Waals surface area contributed by atoms with Crippen LogP contribution in [0.1, 0.15) is 25.7 Å². The minimum absolute atomic E-state index is 0.202. The average Bonchev–Trinajstić information content (AvgIpc) is 2.98. The molecule has 5 heteroatoms. The summed E-state index contributed by atoms with van der Waals surface area (Å²) < 4.78 is 11.0. The highest BCUT2D eigenvalue weighted by atomic mass is 32.2. The molecule has 2 atom stereocenters. The highest BCUT2D eigenvalue weighted by Crippen LogP contribution is 2.26. The monoisotopic (exact) mass is 292 g/mol. The molecular formula is C15H20N2O2S. The van der Waals surface area contributed by atoms with E-state index < -0.39 is 0 Å². The molecule has 0 aliphatic carbocycles. The number of rotatable bonds is 2. The fourth-order valence-electron chi connectivity index (χ4n) is 2.17. The van der Waals surface area contributed by atoms with Crippen molar-refractivity contribution in [1.29, 1.82) is 0 Å². The van der Waals surface area contributed by atoms with E-state index in [0.717, 1.165) is 22.2 Å². The maximum atomic E-state index is 5.48. The van der Waals surface area contributed by atoms with Crippen LogP contribution in [0.2, 0.25) is 0 Å². The lowest BCUT2D eigenvalue weighted by atomic mass is 10.1. The Morgan fingerprint density at radius 1 is 1.15 bits per heavy atom. The summed E-state index contributed by atoms with van der Waals surface area (Å²) in [7, 11) is 0. The van der Waals surface area contributed by atoms with Crippen molar-refractivity contribution in [3.63, 3.8) is 0 Å². The second-order valence-corrected chi connectivity index (χ2v) is 6.29. The zero-order valence-electron chi connectivity index (χ0n) is 11.8. The Hall–Kier alpha value is -1.04. The Balaban J connectivity index is 1.65. The van der Waals surface area contributed by atoms with Gasteiger partial charge in [-0.25, -0.2) is 0 Å². The fourth-order valence-corrected chi connectivity index (χ4v) is 3.30. The van der Waals surface area contributed by atoms with Crippen molar-refractivity contribution in [2.75, 3.05) is 24.3 Å². The molecule has 4 nitrogen and oxygen atoms in total. The molecule has 0 amide bonds. The predicted molar refractivity (Wildman–Crippen MR) is 83.2 cm³/mol. The second-order valence-electron chi connectivity index (χ2n) is 5.28. The lowest BCUT2D eigenvalue weighted by Gasteiger charge is -2.23. The van der Waals surface area contributed by atoms with Crippen LogP contribution < -0.4 is 5.32 Å². The summed E-state index contributed by atoms with van der Waals surface area (Å²) >= 11 is 1.79. The Labute approximate surface area is 123 Å². The zero-order valence-corrected chi connectivity index (χ0v) is 12.7. The molecule has 1 aromatic rings. The molecule has 3 rings (SSSR count). The van der Waals surface area contributed by atoms with Crippen molar-refractivity contribution in [1.82, 2.24) is 0 Å². The summed E-state index contributed by atoms with van der Waals surface area (Å²) in [6.07, 6.45) is -0.202. The van der Waals surface area contributed by atoms with Gasteiger partial charge in [0.15, 0.2) is 11.5 Å². The maximum Gasteiger partial charge on any atom is 0.184 e. The quantitative estimate of drug-likeness (QED) is 0.908. The van der Waals surface area contributed by atoms with Crippen molar-refractivity contribution in [3.05, 3.63) is 29.8 Å². The van der Waals surface area contributed by atoms with Crippen LogP contribution in [0, 0.1) is 5.92 Å². The molecule has 2 heterocycles. The molecule has 2 unspecified atom stereocenters. The molecule has 20 heavy (non-hydrogen) atoms. The number of ether oxygens (including phenoxy) is 2. The number of thioether (sulfide) groups is 1. The highest BCUT2D eigenvalue weighted by molar-refractivity contribution is 8.14. The standard InChI is InChI=1S/C15H20N2O2S/c1-10-9-20-15(16-11(10)2)17-13-5-3-12(4-6-13)14-18-7-8-19-14/h3-6,10-11,14H,7-9H2,1-2H3,(H,16,17). The van der Waals surface area contributed by atoms with Gasteiger partial charge in [-0.15, -0.1) is 0 Å². The van der Waals surface area contributed by atoms with Crippen LogP contribution in [0.25, 0.3) is 0 Å². The molecular weight excluding hydrogens is 272 g/mol. The van der Waals surface area contributed by atoms with E-state index in [2.05, 4.69) is 24.2 Å². The summed E-state index contributed by atoms with van der Waals surface area (Å²) in [5, 5.41) is 4.39. The first-order valence-electron chi connectivity index (χ1n) is 7.03. The van der Waals surface area contributed by atoms with E-state index in [1.807, 2.05) is 24.3 Å². The van der Waals surface area contributed by atoms with Gasteiger partial charge in [-0.1, -0.05) is 30.8 Å². The Bertz CT molecular complexity index is 483. The normalized spacial score (nSPS) is 27.4. The number of anilines is 1. The van der Waals surface area contributed by atoms with Gasteiger partial charge in [0.1, 0.15) is 0 Å². The topological polar surface area (TPSA) is 42.8 Å².